The Morgan fingerprint density at radius 3 is 2.45 bits per heavy atom. The van der Waals surface area contributed by atoms with Crippen molar-refractivity contribution in [1.29, 1.82) is 0 Å². The maximum atomic E-state index is 12.7. The maximum absolute atomic E-state index is 12.7. The van der Waals surface area contributed by atoms with Crippen molar-refractivity contribution in [1.82, 2.24) is 24.6 Å². The first-order valence-corrected chi connectivity index (χ1v) is 11.2. The second-order valence-corrected chi connectivity index (χ2v) is 8.94. The Morgan fingerprint density at radius 2 is 1.90 bits per heavy atom. The van der Waals surface area contributed by atoms with Gasteiger partial charge in [-0.25, -0.2) is 18.4 Å². The van der Waals surface area contributed by atoms with E-state index >= 15 is 0 Å². The molecular weight excluding hydrogens is 418 g/mol. The predicted molar refractivity (Wildman–Crippen MR) is 115 cm³/mol. The number of nitrogens with one attached hydrogen (secondary N) is 2. The molecule has 0 bridgehead atoms. The second kappa shape index (κ2) is 9.71. The lowest BCUT2D eigenvalue weighted by Gasteiger charge is -2.21. The fourth-order valence-electron chi connectivity index (χ4n) is 2.85. The highest BCUT2D eigenvalue weighted by atomic mass is 32.2. The summed E-state index contributed by atoms with van der Waals surface area (Å²) in [5.41, 5.74) is 0.790. The van der Waals surface area contributed by atoms with Gasteiger partial charge in [-0.3, -0.25) is 9.36 Å². The van der Waals surface area contributed by atoms with E-state index in [1.54, 1.807) is 55.5 Å². The minimum absolute atomic E-state index is 0.0611. The molecular formula is C21H25N5O4S. The highest BCUT2D eigenvalue weighted by Gasteiger charge is 2.28. The molecule has 0 saturated heterocycles. The summed E-state index contributed by atoms with van der Waals surface area (Å²) in [7, 11) is -2.37. The lowest BCUT2D eigenvalue weighted by Crippen LogP contribution is -2.49. The Kier molecular flexibility index (Phi) is 7.03. The van der Waals surface area contributed by atoms with Crippen LogP contribution in [0.3, 0.4) is 0 Å². The zero-order valence-electron chi connectivity index (χ0n) is 17.5. The van der Waals surface area contributed by atoms with Crippen molar-refractivity contribution in [3.63, 3.8) is 0 Å². The molecule has 0 aliphatic rings. The van der Waals surface area contributed by atoms with E-state index in [4.69, 9.17) is 4.74 Å². The van der Waals surface area contributed by atoms with Gasteiger partial charge in [-0.2, -0.15) is 4.72 Å². The largest absolute Gasteiger partial charge is 0.497 e. The molecule has 0 saturated carbocycles. The maximum Gasteiger partial charge on any atom is 0.241 e. The quantitative estimate of drug-likeness (QED) is 0.522. The van der Waals surface area contributed by atoms with Gasteiger partial charge < -0.3 is 10.1 Å². The lowest BCUT2D eigenvalue weighted by molar-refractivity contribution is -0.123. The number of aromatic nitrogens is 3. The van der Waals surface area contributed by atoms with Gasteiger partial charge in [-0.05, 0) is 41.8 Å². The molecule has 3 aromatic rings. The number of ether oxygens (including phenoxy) is 1. The van der Waals surface area contributed by atoms with Crippen LogP contribution >= 0.6 is 0 Å². The molecule has 2 aromatic heterocycles. The molecule has 10 heteroatoms. The minimum atomic E-state index is -3.88. The molecule has 3 rings (SSSR count). The lowest BCUT2D eigenvalue weighted by atomic mass is 10.0. The average Bonchev–Trinajstić information content (AvgIpc) is 3.31. The van der Waals surface area contributed by atoms with E-state index in [0.29, 0.717) is 11.6 Å². The van der Waals surface area contributed by atoms with Crippen LogP contribution < -0.4 is 14.8 Å². The Balaban J connectivity index is 1.64. The summed E-state index contributed by atoms with van der Waals surface area (Å²) in [5, 5.41) is 2.78. The van der Waals surface area contributed by atoms with Gasteiger partial charge in [0.2, 0.25) is 15.9 Å². The number of benzene rings is 1. The standard InChI is InChI=1S/C21H25N5O4S/c1-15(2)20(25-31(28,29)18-7-5-17(30-3)6-8-18)21(27)24-13-16-4-9-19(23-12-16)26-11-10-22-14-26/h4-12,14-15,20,25H,13H2,1-3H3,(H,24,27)/t20-/m0/s1. The summed E-state index contributed by atoms with van der Waals surface area (Å²) in [5.74, 6) is 0.588. The fourth-order valence-corrected chi connectivity index (χ4v) is 4.19. The molecule has 1 atom stereocenters. The number of rotatable bonds is 9. The van der Waals surface area contributed by atoms with Gasteiger partial charge in [-0.1, -0.05) is 19.9 Å². The number of pyridine rings is 1. The van der Waals surface area contributed by atoms with E-state index < -0.39 is 22.0 Å². The van der Waals surface area contributed by atoms with Gasteiger partial charge in [0.15, 0.2) is 0 Å². The van der Waals surface area contributed by atoms with Crippen LogP contribution in [0.15, 0.2) is 66.2 Å². The Morgan fingerprint density at radius 1 is 1.16 bits per heavy atom. The normalized spacial score (nSPS) is 12.5. The molecule has 1 aromatic carbocycles. The molecule has 31 heavy (non-hydrogen) atoms. The van der Waals surface area contributed by atoms with Crippen LogP contribution in [0, 0.1) is 5.92 Å². The van der Waals surface area contributed by atoms with Gasteiger partial charge >= 0.3 is 0 Å². The summed E-state index contributed by atoms with van der Waals surface area (Å²) in [4.78, 5) is 21.1. The van der Waals surface area contributed by atoms with Gasteiger partial charge in [0.1, 0.15) is 23.9 Å². The van der Waals surface area contributed by atoms with Crippen LogP contribution in [0.25, 0.3) is 5.82 Å². The fraction of sp³-hybridized carbons (Fsp3) is 0.286. The Labute approximate surface area is 181 Å². The molecule has 0 radical (unpaired) electrons. The second-order valence-electron chi connectivity index (χ2n) is 7.23. The van der Waals surface area contributed by atoms with Crippen molar-refractivity contribution < 1.29 is 17.9 Å². The van der Waals surface area contributed by atoms with Gasteiger partial charge in [0.05, 0.1) is 12.0 Å². The van der Waals surface area contributed by atoms with Crippen molar-refractivity contribution in [2.24, 2.45) is 5.92 Å². The number of hydrogen-bond donors (Lipinski definition) is 2. The summed E-state index contributed by atoms with van der Waals surface area (Å²) in [6, 6.07) is 8.71. The molecule has 9 nitrogen and oxygen atoms in total. The molecule has 0 spiro atoms. The number of imidazole rings is 1. The Hall–Kier alpha value is -3.24. The molecule has 2 N–H and O–H groups in total. The van der Waals surface area contributed by atoms with Gasteiger partial charge in [0, 0.05) is 25.1 Å². The van der Waals surface area contributed by atoms with Crippen molar-refractivity contribution in [2.75, 3.05) is 7.11 Å². The van der Waals surface area contributed by atoms with E-state index in [1.807, 2.05) is 12.1 Å². The number of amides is 1. The highest BCUT2D eigenvalue weighted by molar-refractivity contribution is 7.89. The summed E-state index contributed by atoms with van der Waals surface area (Å²) in [6.45, 7) is 3.79. The minimum Gasteiger partial charge on any atom is -0.497 e. The SMILES string of the molecule is COc1ccc(S(=O)(=O)N[C@H](C(=O)NCc2ccc(-n3ccnc3)nc2)C(C)C)cc1. The van der Waals surface area contributed by atoms with Crippen LogP contribution in [-0.2, 0) is 21.4 Å². The van der Waals surface area contributed by atoms with Crippen molar-refractivity contribution in [2.45, 2.75) is 31.3 Å². The van der Waals surface area contributed by atoms with Gasteiger partial charge in [0.25, 0.3) is 0 Å². The summed E-state index contributed by atoms with van der Waals surface area (Å²) >= 11 is 0. The molecule has 2 heterocycles. The number of methoxy groups -OCH3 is 1. The Bertz CT molecular complexity index is 1100. The van der Waals surface area contributed by atoms with Crippen molar-refractivity contribution in [3.05, 3.63) is 66.9 Å². The van der Waals surface area contributed by atoms with Crippen LogP contribution in [0.2, 0.25) is 0 Å². The number of sulfonamides is 1. The highest BCUT2D eigenvalue weighted by Crippen LogP contribution is 2.17. The van der Waals surface area contributed by atoms with Crippen LogP contribution in [-0.4, -0.2) is 42.0 Å². The van der Waals surface area contributed by atoms with E-state index in [9.17, 15) is 13.2 Å². The summed E-state index contributed by atoms with van der Waals surface area (Å²) in [6.07, 6.45) is 6.74. The monoisotopic (exact) mass is 443 g/mol. The first kappa shape index (κ1) is 22.4. The first-order valence-electron chi connectivity index (χ1n) is 9.67. The number of carbonyl (C=O) groups is 1. The zero-order valence-corrected chi connectivity index (χ0v) is 18.3. The molecule has 0 fully saturated rings. The first-order chi connectivity index (χ1) is 14.8. The van der Waals surface area contributed by atoms with Crippen LogP contribution in [0.1, 0.15) is 19.4 Å². The third-order valence-corrected chi connectivity index (χ3v) is 6.10. The average molecular weight is 444 g/mol. The van der Waals surface area contributed by atoms with E-state index in [1.165, 1.54) is 19.2 Å². The van der Waals surface area contributed by atoms with Gasteiger partial charge in [-0.15, -0.1) is 0 Å². The molecule has 0 aliphatic heterocycles. The zero-order chi connectivity index (χ0) is 22.4. The number of nitrogens with zero attached hydrogens (tertiary/aromatic N) is 3. The topological polar surface area (TPSA) is 115 Å². The molecule has 0 aliphatic carbocycles. The molecule has 0 unspecified atom stereocenters. The van der Waals surface area contributed by atoms with E-state index in [-0.39, 0.29) is 17.4 Å². The predicted octanol–water partition coefficient (Wildman–Crippen LogP) is 1.90. The van der Waals surface area contributed by atoms with E-state index in [0.717, 1.165) is 5.56 Å². The molecule has 1 amide bonds. The third-order valence-electron chi connectivity index (χ3n) is 4.65. The smallest absolute Gasteiger partial charge is 0.241 e. The van der Waals surface area contributed by atoms with Crippen LogP contribution in [0.5, 0.6) is 5.75 Å². The number of carbonyl (C=O) groups excluding carboxylic acids is 1. The summed E-state index contributed by atoms with van der Waals surface area (Å²) < 4.78 is 34.8. The third kappa shape index (κ3) is 5.68. The molecule has 164 valence electrons. The van der Waals surface area contributed by atoms with E-state index in [2.05, 4.69) is 20.0 Å². The van der Waals surface area contributed by atoms with Crippen molar-refractivity contribution in [3.8, 4) is 11.6 Å². The number of hydrogen-bond acceptors (Lipinski definition) is 6. The van der Waals surface area contributed by atoms with Crippen molar-refractivity contribution >= 4 is 15.9 Å². The van der Waals surface area contributed by atoms with Crippen LogP contribution in [0.4, 0.5) is 0 Å².